The maximum Gasteiger partial charge on any atom is 0.409 e. The van der Waals surface area contributed by atoms with E-state index < -0.39 is 50.6 Å². The van der Waals surface area contributed by atoms with Gasteiger partial charge in [-0.05, 0) is 32.2 Å². The molecule has 3 aliphatic rings. The third-order valence-electron chi connectivity index (χ3n) is 6.27. The van der Waals surface area contributed by atoms with Crippen LogP contribution in [0, 0.1) is 0 Å². The van der Waals surface area contributed by atoms with Crippen molar-refractivity contribution in [3.05, 3.63) is 35.7 Å². The summed E-state index contributed by atoms with van der Waals surface area (Å²) in [5.74, 6) is -2.16. The van der Waals surface area contributed by atoms with Gasteiger partial charge in [0.1, 0.15) is 11.4 Å². The third kappa shape index (κ3) is 3.34. The SMILES string of the molecule is CN1CCN(C(=O)OC[C@@]2(C)[C@H](C(=O)O)N3C(=O)/C(=C/c4ccccn4)C3S2(=O)=O)CC1. The minimum absolute atomic E-state index is 0.0518. The van der Waals surface area contributed by atoms with Crippen molar-refractivity contribution in [2.75, 3.05) is 39.8 Å². The summed E-state index contributed by atoms with van der Waals surface area (Å²) in [6.45, 7) is 2.68. The summed E-state index contributed by atoms with van der Waals surface area (Å²) in [6.07, 6.45) is 2.14. The molecule has 32 heavy (non-hydrogen) atoms. The van der Waals surface area contributed by atoms with Gasteiger partial charge in [-0.15, -0.1) is 0 Å². The van der Waals surface area contributed by atoms with Crippen LogP contribution in [-0.4, -0.2) is 107 Å². The van der Waals surface area contributed by atoms with Crippen molar-refractivity contribution in [3.8, 4) is 0 Å². The third-order valence-corrected chi connectivity index (χ3v) is 8.98. The van der Waals surface area contributed by atoms with Crippen LogP contribution in [0.15, 0.2) is 30.0 Å². The zero-order valence-corrected chi connectivity index (χ0v) is 18.5. The molecule has 2 amide bonds. The molecule has 172 valence electrons. The smallest absolute Gasteiger partial charge is 0.409 e. The van der Waals surface area contributed by atoms with Crippen LogP contribution >= 0.6 is 0 Å². The van der Waals surface area contributed by atoms with Crippen LogP contribution in [0.1, 0.15) is 12.6 Å². The number of nitrogens with zero attached hydrogens (tertiary/aromatic N) is 4. The Hall–Kier alpha value is -2.99. The zero-order chi connectivity index (χ0) is 23.3. The number of carboxylic acid groups (broad SMARTS) is 1. The summed E-state index contributed by atoms with van der Waals surface area (Å²) in [5.41, 5.74) is 0.330. The maximum absolute atomic E-state index is 13.4. The Balaban J connectivity index is 1.60. The van der Waals surface area contributed by atoms with E-state index in [2.05, 4.69) is 4.98 Å². The van der Waals surface area contributed by atoms with Gasteiger partial charge in [0.2, 0.25) is 0 Å². The number of carboxylic acids is 1. The predicted octanol–water partition coefficient (Wildman–Crippen LogP) is -0.342. The number of fused-ring (bicyclic) bond motifs is 1. The molecule has 0 radical (unpaired) electrons. The summed E-state index contributed by atoms with van der Waals surface area (Å²) in [5, 5.41) is 8.37. The van der Waals surface area contributed by atoms with Crippen molar-refractivity contribution in [2.45, 2.75) is 23.1 Å². The second kappa shape index (κ2) is 7.85. The van der Waals surface area contributed by atoms with E-state index in [1.54, 1.807) is 18.2 Å². The van der Waals surface area contributed by atoms with Crippen molar-refractivity contribution >= 4 is 33.9 Å². The van der Waals surface area contributed by atoms with Crippen molar-refractivity contribution in [3.63, 3.8) is 0 Å². The molecule has 12 heteroatoms. The van der Waals surface area contributed by atoms with Gasteiger partial charge in [0.05, 0.1) is 11.3 Å². The fraction of sp³-hybridized carbons (Fsp3) is 0.500. The number of carbonyl (C=O) groups is 3. The Morgan fingerprint density at radius 2 is 1.97 bits per heavy atom. The van der Waals surface area contributed by atoms with Crippen LogP contribution in [0.3, 0.4) is 0 Å². The Bertz CT molecular complexity index is 1080. The van der Waals surface area contributed by atoms with Gasteiger partial charge in [-0.3, -0.25) is 9.78 Å². The molecular formula is C20H24N4O7S. The van der Waals surface area contributed by atoms with Gasteiger partial charge >= 0.3 is 12.1 Å². The number of pyridine rings is 1. The Morgan fingerprint density at radius 1 is 1.28 bits per heavy atom. The predicted molar refractivity (Wildman–Crippen MR) is 112 cm³/mol. The normalized spacial score (nSPS) is 30.7. The molecule has 3 fully saturated rings. The number of piperazine rings is 1. The number of carbonyl (C=O) groups excluding carboxylic acids is 2. The molecule has 11 nitrogen and oxygen atoms in total. The molecule has 0 aromatic carbocycles. The standard InChI is InChI=1S/C20H24N4O7S/c1-20(12-31-19(28)23-9-7-22(2)8-10-23)15(18(26)27)24-16(25)14(17(24)32(20,29)30)11-13-5-3-4-6-21-13/h3-6,11,15,17H,7-10,12H2,1-2H3,(H,26,27)/b14-11-/t15-,17?,20-/m0/s1. The van der Waals surface area contributed by atoms with Gasteiger partial charge in [0.15, 0.2) is 21.3 Å². The number of rotatable bonds is 4. The van der Waals surface area contributed by atoms with Crippen LogP contribution < -0.4 is 0 Å². The molecular weight excluding hydrogens is 440 g/mol. The number of hydrogen-bond acceptors (Lipinski definition) is 8. The maximum atomic E-state index is 13.4. The van der Waals surface area contributed by atoms with E-state index in [1.807, 2.05) is 11.9 Å². The molecule has 1 aromatic rings. The first kappa shape index (κ1) is 22.2. The molecule has 0 spiro atoms. The number of aliphatic carboxylic acids is 1. The summed E-state index contributed by atoms with van der Waals surface area (Å²) in [7, 11) is -2.31. The lowest BCUT2D eigenvalue weighted by atomic mass is 9.94. The molecule has 0 aliphatic carbocycles. The van der Waals surface area contributed by atoms with Gasteiger partial charge in [-0.2, -0.15) is 0 Å². The Kier molecular flexibility index (Phi) is 5.45. The molecule has 0 bridgehead atoms. The zero-order valence-electron chi connectivity index (χ0n) is 17.7. The lowest BCUT2D eigenvalue weighted by Crippen LogP contribution is -2.59. The lowest BCUT2D eigenvalue weighted by Gasteiger charge is -2.38. The molecule has 4 heterocycles. The highest BCUT2D eigenvalue weighted by Gasteiger charge is 2.72. The Labute approximate surface area is 185 Å². The lowest BCUT2D eigenvalue weighted by molar-refractivity contribution is -0.153. The van der Waals surface area contributed by atoms with Crippen LogP contribution in [0.2, 0.25) is 0 Å². The average molecular weight is 465 g/mol. The van der Waals surface area contributed by atoms with E-state index in [-0.39, 0.29) is 5.57 Å². The van der Waals surface area contributed by atoms with Gasteiger partial charge in [0.25, 0.3) is 5.91 Å². The van der Waals surface area contributed by atoms with E-state index in [0.29, 0.717) is 31.9 Å². The number of sulfone groups is 1. The average Bonchev–Trinajstić information content (AvgIpc) is 2.92. The van der Waals surface area contributed by atoms with Crippen molar-refractivity contribution in [1.29, 1.82) is 0 Å². The largest absolute Gasteiger partial charge is 0.480 e. The van der Waals surface area contributed by atoms with Crippen molar-refractivity contribution in [2.24, 2.45) is 0 Å². The van der Waals surface area contributed by atoms with E-state index in [1.165, 1.54) is 24.1 Å². The minimum atomic E-state index is -4.24. The van der Waals surface area contributed by atoms with E-state index in [9.17, 15) is 27.9 Å². The summed E-state index contributed by atoms with van der Waals surface area (Å²) in [4.78, 5) is 45.7. The molecule has 3 saturated heterocycles. The molecule has 1 aromatic heterocycles. The first-order valence-corrected chi connectivity index (χ1v) is 11.6. The fourth-order valence-corrected chi connectivity index (χ4v) is 6.58. The van der Waals surface area contributed by atoms with E-state index in [0.717, 1.165) is 4.90 Å². The summed E-state index contributed by atoms with van der Waals surface area (Å²) >= 11 is 0. The minimum Gasteiger partial charge on any atom is -0.480 e. The fourth-order valence-electron chi connectivity index (χ4n) is 4.30. The topological polar surface area (TPSA) is 137 Å². The molecule has 1 unspecified atom stereocenters. The van der Waals surface area contributed by atoms with E-state index in [4.69, 9.17) is 4.74 Å². The summed E-state index contributed by atoms with van der Waals surface area (Å²) < 4.78 is 30.2. The number of amides is 2. The number of aromatic nitrogens is 1. The number of ether oxygens (including phenoxy) is 1. The molecule has 1 N–H and O–H groups in total. The summed E-state index contributed by atoms with van der Waals surface area (Å²) in [6, 6.07) is 3.29. The van der Waals surface area contributed by atoms with Crippen molar-refractivity contribution < 1.29 is 32.6 Å². The van der Waals surface area contributed by atoms with Crippen LogP contribution in [0.5, 0.6) is 0 Å². The quantitative estimate of drug-likeness (QED) is 0.468. The Morgan fingerprint density at radius 3 is 2.56 bits per heavy atom. The first-order valence-electron chi connectivity index (χ1n) is 10.1. The number of likely N-dealkylation sites (N-methyl/N-ethyl adjacent to an activating group) is 1. The van der Waals surface area contributed by atoms with E-state index >= 15 is 0 Å². The molecule has 3 aliphatic heterocycles. The van der Waals surface area contributed by atoms with Crippen LogP contribution in [-0.2, 0) is 24.2 Å². The highest BCUT2D eigenvalue weighted by molar-refractivity contribution is 7.94. The number of β-lactam (4-membered cyclic amide) rings is 1. The van der Waals surface area contributed by atoms with Gasteiger partial charge in [-0.25, -0.2) is 18.0 Å². The second-order valence-corrected chi connectivity index (χ2v) is 10.8. The van der Waals surface area contributed by atoms with Gasteiger partial charge in [0, 0.05) is 32.4 Å². The van der Waals surface area contributed by atoms with Crippen molar-refractivity contribution in [1.82, 2.24) is 19.7 Å². The molecule has 3 atom stereocenters. The van der Waals surface area contributed by atoms with Gasteiger partial charge in [-0.1, -0.05) is 6.07 Å². The number of hydrogen-bond donors (Lipinski definition) is 1. The monoisotopic (exact) mass is 464 g/mol. The second-order valence-electron chi connectivity index (χ2n) is 8.36. The van der Waals surface area contributed by atoms with Gasteiger partial charge < -0.3 is 24.5 Å². The first-order chi connectivity index (χ1) is 15.1. The molecule has 0 saturated carbocycles. The highest BCUT2D eigenvalue weighted by Crippen LogP contribution is 2.49. The molecule has 4 rings (SSSR count). The van der Waals surface area contributed by atoms with Crippen LogP contribution in [0.25, 0.3) is 6.08 Å². The van der Waals surface area contributed by atoms with Crippen LogP contribution in [0.4, 0.5) is 4.79 Å². The highest BCUT2D eigenvalue weighted by atomic mass is 32.2.